The van der Waals surface area contributed by atoms with Crippen LogP contribution in [-0.4, -0.2) is 16.3 Å². The van der Waals surface area contributed by atoms with Crippen LogP contribution in [-0.2, 0) is 0 Å². The Balaban J connectivity index is 2.40. The molecule has 16 heavy (non-hydrogen) atoms. The highest BCUT2D eigenvalue weighted by molar-refractivity contribution is 14.1. The Morgan fingerprint density at radius 3 is 2.75 bits per heavy atom. The largest absolute Gasteiger partial charge is 0.328 e. The molecule has 1 heterocycles. The third-order valence-electron chi connectivity index (χ3n) is 2.38. The molecule has 0 saturated carbocycles. The number of hydrogen-bond acceptors (Lipinski definition) is 2. The second-order valence-corrected chi connectivity index (χ2v) is 5.51. The summed E-state index contributed by atoms with van der Waals surface area (Å²) in [6.45, 7) is 0.528. The average molecular weight is 392 g/mol. The first-order valence-electron chi connectivity index (χ1n) is 4.86. The molecule has 0 fully saturated rings. The van der Waals surface area contributed by atoms with Crippen molar-refractivity contribution in [2.45, 2.75) is 6.04 Å². The zero-order chi connectivity index (χ0) is 11.5. The van der Waals surface area contributed by atoms with Crippen LogP contribution in [0.25, 0.3) is 0 Å². The van der Waals surface area contributed by atoms with Gasteiger partial charge in [0.2, 0.25) is 0 Å². The molecule has 1 aromatic heterocycles. The van der Waals surface area contributed by atoms with Gasteiger partial charge in [-0.05, 0) is 34.2 Å². The van der Waals surface area contributed by atoms with Gasteiger partial charge in [-0.2, -0.15) is 5.10 Å². The lowest BCUT2D eigenvalue weighted by Crippen LogP contribution is -2.21. The maximum Gasteiger partial charge on any atom is 0.0901 e. The summed E-state index contributed by atoms with van der Waals surface area (Å²) in [5, 5.41) is 4.31. The van der Waals surface area contributed by atoms with E-state index in [2.05, 4.69) is 49.7 Å². The Kier molecular flexibility index (Phi) is 3.99. The maximum atomic E-state index is 5.83. The van der Waals surface area contributed by atoms with E-state index in [1.807, 2.05) is 35.3 Å². The number of benzene rings is 1. The number of hydrogen-bond donors (Lipinski definition) is 1. The van der Waals surface area contributed by atoms with E-state index >= 15 is 0 Å². The van der Waals surface area contributed by atoms with Crippen LogP contribution in [0.1, 0.15) is 11.6 Å². The van der Waals surface area contributed by atoms with E-state index in [9.17, 15) is 0 Å². The van der Waals surface area contributed by atoms with Crippen molar-refractivity contribution in [2.75, 3.05) is 6.54 Å². The third kappa shape index (κ3) is 2.46. The summed E-state index contributed by atoms with van der Waals surface area (Å²) in [5.74, 6) is 0. The highest BCUT2D eigenvalue weighted by Crippen LogP contribution is 2.25. The van der Waals surface area contributed by atoms with Gasteiger partial charge >= 0.3 is 0 Å². The summed E-state index contributed by atoms with van der Waals surface area (Å²) in [6.07, 6.45) is 3.83. The first-order chi connectivity index (χ1) is 7.72. The highest BCUT2D eigenvalue weighted by atomic mass is 127. The minimum Gasteiger partial charge on any atom is -0.328 e. The molecule has 2 N–H and O–H groups in total. The van der Waals surface area contributed by atoms with Crippen molar-refractivity contribution < 1.29 is 0 Å². The van der Waals surface area contributed by atoms with Gasteiger partial charge in [0.25, 0.3) is 0 Å². The van der Waals surface area contributed by atoms with Crippen molar-refractivity contribution in [1.29, 1.82) is 0 Å². The molecule has 1 aromatic carbocycles. The fourth-order valence-electron chi connectivity index (χ4n) is 1.61. The van der Waals surface area contributed by atoms with E-state index in [4.69, 9.17) is 5.73 Å². The molecule has 1 unspecified atom stereocenters. The second kappa shape index (κ2) is 5.29. The third-order valence-corrected chi connectivity index (χ3v) is 3.66. The topological polar surface area (TPSA) is 43.8 Å². The van der Waals surface area contributed by atoms with E-state index in [0.29, 0.717) is 6.54 Å². The molecule has 84 valence electrons. The van der Waals surface area contributed by atoms with Crippen LogP contribution in [0.2, 0.25) is 0 Å². The van der Waals surface area contributed by atoms with Crippen molar-refractivity contribution in [2.24, 2.45) is 5.73 Å². The van der Waals surface area contributed by atoms with E-state index in [0.717, 1.165) is 13.6 Å². The number of nitrogens with zero attached hydrogens (tertiary/aromatic N) is 2. The summed E-state index contributed by atoms with van der Waals surface area (Å²) in [7, 11) is 0. The molecule has 2 rings (SSSR count). The van der Waals surface area contributed by atoms with Crippen LogP contribution in [0.15, 0.2) is 41.1 Å². The van der Waals surface area contributed by atoms with E-state index in [-0.39, 0.29) is 6.04 Å². The molecule has 0 radical (unpaired) electrons. The molecule has 0 aliphatic rings. The quantitative estimate of drug-likeness (QED) is 0.817. The van der Waals surface area contributed by atoms with Crippen molar-refractivity contribution in [1.82, 2.24) is 9.78 Å². The first-order valence-corrected chi connectivity index (χ1v) is 6.73. The fraction of sp³-hybridized carbons (Fsp3) is 0.182. The van der Waals surface area contributed by atoms with Gasteiger partial charge in [0.05, 0.1) is 15.8 Å². The summed E-state index contributed by atoms with van der Waals surface area (Å²) >= 11 is 5.79. The minimum atomic E-state index is 0.0825. The van der Waals surface area contributed by atoms with Crippen LogP contribution in [0.4, 0.5) is 0 Å². The lowest BCUT2D eigenvalue weighted by molar-refractivity contribution is 0.530. The Labute approximate surface area is 116 Å². The van der Waals surface area contributed by atoms with Gasteiger partial charge in [-0.25, -0.2) is 0 Å². The average Bonchev–Trinajstić information content (AvgIpc) is 2.69. The monoisotopic (exact) mass is 391 g/mol. The predicted molar refractivity (Wildman–Crippen MR) is 76.3 cm³/mol. The number of halogens is 2. The van der Waals surface area contributed by atoms with Crippen molar-refractivity contribution >= 4 is 38.5 Å². The van der Waals surface area contributed by atoms with Crippen LogP contribution in [0.5, 0.6) is 0 Å². The molecule has 0 bridgehead atoms. The van der Waals surface area contributed by atoms with Crippen LogP contribution >= 0.6 is 38.5 Å². The molecule has 0 aliphatic carbocycles. The molecule has 2 aromatic rings. The fourth-order valence-corrected chi connectivity index (χ4v) is 2.57. The van der Waals surface area contributed by atoms with Crippen LogP contribution < -0.4 is 5.73 Å². The Hall–Kier alpha value is -0.400. The molecule has 0 spiro atoms. The summed E-state index contributed by atoms with van der Waals surface area (Å²) in [6, 6.07) is 8.17. The molecule has 0 amide bonds. The summed E-state index contributed by atoms with van der Waals surface area (Å²) in [5.41, 5.74) is 6.99. The smallest absolute Gasteiger partial charge is 0.0901 e. The Bertz CT molecular complexity index is 484. The molecule has 3 nitrogen and oxygen atoms in total. The molecule has 0 saturated heterocycles. The van der Waals surface area contributed by atoms with E-state index < -0.39 is 0 Å². The van der Waals surface area contributed by atoms with Crippen molar-refractivity contribution in [3.63, 3.8) is 0 Å². The Morgan fingerprint density at radius 2 is 2.19 bits per heavy atom. The molecular weight excluding hydrogens is 381 g/mol. The lowest BCUT2D eigenvalue weighted by atomic mass is 10.1. The number of aromatic nitrogens is 2. The number of nitrogens with two attached hydrogens (primary N) is 1. The minimum absolute atomic E-state index is 0.0825. The van der Waals surface area contributed by atoms with Crippen molar-refractivity contribution in [3.8, 4) is 0 Å². The molecule has 1 atom stereocenters. The highest BCUT2D eigenvalue weighted by Gasteiger charge is 2.15. The van der Waals surface area contributed by atoms with E-state index in [1.165, 1.54) is 0 Å². The van der Waals surface area contributed by atoms with Crippen LogP contribution in [0, 0.1) is 3.57 Å². The van der Waals surface area contributed by atoms with Gasteiger partial charge in [-0.3, -0.25) is 4.68 Å². The zero-order valence-electron chi connectivity index (χ0n) is 8.48. The number of rotatable bonds is 3. The van der Waals surface area contributed by atoms with Crippen molar-refractivity contribution in [3.05, 3.63) is 50.3 Å². The lowest BCUT2D eigenvalue weighted by Gasteiger charge is -2.17. The standard InChI is InChI=1S/C11H11BrIN3/c12-10-4-2-1-3-9(10)11(5-14)16-7-8(13)6-15-16/h1-4,6-7,11H,5,14H2. The van der Waals surface area contributed by atoms with Gasteiger partial charge in [-0.1, -0.05) is 34.1 Å². The molecule has 0 aliphatic heterocycles. The van der Waals surface area contributed by atoms with E-state index in [1.54, 1.807) is 0 Å². The molecular formula is C11H11BrIN3. The van der Waals surface area contributed by atoms with Gasteiger partial charge < -0.3 is 5.73 Å². The summed E-state index contributed by atoms with van der Waals surface area (Å²) < 4.78 is 4.08. The second-order valence-electron chi connectivity index (χ2n) is 3.41. The van der Waals surface area contributed by atoms with Gasteiger partial charge in [0.15, 0.2) is 0 Å². The SMILES string of the molecule is NCC(c1ccccc1Br)n1cc(I)cn1. The van der Waals surface area contributed by atoms with Gasteiger partial charge in [0.1, 0.15) is 0 Å². The Morgan fingerprint density at radius 1 is 1.44 bits per heavy atom. The predicted octanol–water partition coefficient (Wildman–Crippen LogP) is 2.80. The van der Waals surface area contributed by atoms with Gasteiger partial charge in [-0.15, -0.1) is 0 Å². The maximum absolute atomic E-state index is 5.83. The first kappa shape index (κ1) is 12.1. The van der Waals surface area contributed by atoms with Gasteiger partial charge in [0, 0.05) is 17.2 Å². The zero-order valence-corrected chi connectivity index (χ0v) is 12.2. The van der Waals surface area contributed by atoms with Crippen LogP contribution in [0.3, 0.4) is 0 Å². The summed E-state index contributed by atoms with van der Waals surface area (Å²) in [4.78, 5) is 0. The molecule has 5 heteroatoms. The normalized spacial score (nSPS) is 12.7.